The van der Waals surface area contributed by atoms with E-state index in [-0.39, 0.29) is 17.9 Å². The smallest absolute Gasteiger partial charge is 0.462 e. The zero-order valence-electron chi connectivity index (χ0n) is 15.4. The highest BCUT2D eigenvalue weighted by molar-refractivity contribution is 6.05. The van der Waals surface area contributed by atoms with Gasteiger partial charge in [-0.25, -0.2) is 4.79 Å². The van der Waals surface area contributed by atoms with Crippen LogP contribution in [0.4, 0.5) is 18.9 Å². The fourth-order valence-electron chi connectivity index (χ4n) is 2.53. The molecular formula is C18H22F3N3O3. The van der Waals surface area contributed by atoms with E-state index in [0.29, 0.717) is 23.1 Å². The molecule has 0 aliphatic carbocycles. The van der Waals surface area contributed by atoms with Crippen molar-refractivity contribution in [1.29, 1.82) is 0 Å². The second kappa shape index (κ2) is 8.90. The Kier molecular flexibility index (Phi) is 6.84. The van der Waals surface area contributed by atoms with E-state index in [9.17, 15) is 18.0 Å². The molecule has 1 N–H and O–H groups in total. The molecule has 2 rings (SSSR count). The number of ether oxygens (including phenoxy) is 2. The molecule has 2 aromatic rings. The van der Waals surface area contributed by atoms with Crippen molar-refractivity contribution in [3.05, 3.63) is 30.0 Å². The number of hydrogen-bond donors (Lipinski definition) is 1. The molecule has 27 heavy (non-hydrogen) atoms. The molecule has 9 heteroatoms. The summed E-state index contributed by atoms with van der Waals surface area (Å²) in [5.74, 6) is -0.974. The highest BCUT2D eigenvalue weighted by Crippen LogP contribution is 2.32. The molecule has 1 aromatic carbocycles. The van der Waals surface area contributed by atoms with Gasteiger partial charge >= 0.3 is 12.3 Å². The fraction of sp³-hybridized carbons (Fsp3) is 0.444. The molecule has 6 nitrogen and oxygen atoms in total. The van der Waals surface area contributed by atoms with E-state index in [0.717, 1.165) is 13.0 Å². The summed E-state index contributed by atoms with van der Waals surface area (Å²) in [5.41, 5.74) is 0.982. The number of anilines is 1. The van der Waals surface area contributed by atoms with Crippen LogP contribution in [0.2, 0.25) is 0 Å². The molecule has 0 radical (unpaired) electrons. The number of rotatable bonds is 8. The average molecular weight is 385 g/mol. The minimum atomic E-state index is -4.81. The molecule has 0 bridgehead atoms. The average Bonchev–Trinajstić information content (AvgIpc) is 2.57. The van der Waals surface area contributed by atoms with Crippen LogP contribution in [0.5, 0.6) is 5.75 Å². The van der Waals surface area contributed by atoms with Crippen LogP contribution in [0.3, 0.4) is 0 Å². The highest BCUT2D eigenvalue weighted by Gasteiger charge is 2.31. The lowest BCUT2D eigenvalue weighted by molar-refractivity contribution is -0.274. The van der Waals surface area contributed by atoms with Crippen LogP contribution in [0.1, 0.15) is 23.7 Å². The largest absolute Gasteiger partial charge is 0.573 e. The van der Waals surface area contributed by atoms with Crippen LogP contribution in [-0.4, -0.2) is 56.0 Å². The number of carbonyl (C=O) groups is 1. The standard InChI is InChI=1S/C18H22F3N3O3/c1-4-26-17(25)14-11-23-15-7-6-12(27-18(19,20)21)10-13(15)16(14)22-8-5-9-24(2)3/h6-7,10-11H,4-5,8-9H2,1-3H3,(H,22,23). The van der Waals surface area contributed by atoms with Crippen molar-refractivity contribution in [2.24, 2.45) is 0 Å². The summed E-state index contributed by atoms with van der Waals surface area (Å²) in [6, 6.07) is 3.81. The van der Waals surface area contributed by atoms with E-state index >= 15 is 0 Å². The van der Waals surface area contributed by atoms with Gasteiger partial charge in [0, 0.05) is 18.1 Å². The molecule has 1 aromatic heterocycles. The lowest BCUT2D eigenvalue weighted by atomic mass is 10.1. The van der Waals surface area contributed by atoms with Crippen molar-refractivity contribution in [3.63, 3.8) is 0 Å². The normalized spacial score (nSPS) is 11.7. The van der Waals surface area contributed by atoms with Gasteiger partial charge in [-0.1, -0.05) is 0 Å². The van der Waals surface area contributed by atoms with Crippen molar-refractivity contribution < 1.29 is 27.4 Å². The first-order valence-electron chi connectivity index (χ1n) is 8.45. The minimum absolute atomic E-state index is 0.165. The van der Waals surface area contributed by atoms with E-state index in [2.05, 4.69) is 15.0 Å². The number of halogens is 3. The molecule has 0 spiro atoms. The third-order valence-corrected chi connectivity index (χ3v) is 3.65. The van der Waals surface area contributed by atoms with E-state index in [1.54, 1.807) is 6.92 Å². The molecule has 1 heterocycles. The van der Waals surface area contributed by atoms with Gasteiger partial charge in [-0.05, 0) is 52.2 Å². The van der Waals surface area contributed by atoms with Crippen molar-refractivity contribution >= 4 is 22.6 Å². The zero-order valence-corrected chi connectivity index (χ0v) is 15.4. The first-order chi connectivity index (χ1) is 12.7. The third kappa shape index (κ3) is 5.99. The summed E-state index contributed by atoms with van der Waals surface area (Å²) < 4.78 is 46.7. The topological polar surface area (TPSA) is 63.7 Å². The number of benzene rings is 1. The van der Waals surface area contributed by atoms with Gasteiger partial charge in [0.25, 0.3) is 0 Å². The summed E-state index contributed by atoms with van der Waals surface area (Å²) in [7, 11) is 3.87. The van der Waals surface area contributed by atoms with E-state index in [1.807, 2.05) is 19.0 Å². The Balaban J connectivity index is 2.43. The number of pyridine rings is 1. The summed E-state index contributed by atoms with van der Waals surface area (Å²) in [6.07, 6.45) is -2.67. The molecular weight excluding hydrogens is 363 g/mol. The summed E-state index contributed by atoms with van der Waals surface area (Å²) in [4.78, 5) is 18.4. The van der Waals surface area contributed by atoms with Crippen molar-refractivity contribution in [1.82, 2.24) is 9.88 Å². The Hall–Kier alpha value is -2.55. The van der Waals surface area contributed by atoms with Crippen LogP contribution in [-0.2, 0) is 4.74 Å². The van der Waals surface area contributed by atoms with Crippen LogP contribution in [0, 0.1) is 0 Å². The molecule has 0 saturated carbocycles. The van der Waals surface area contributed by atoms with Crippen molar-refractivity contribution in [3.8, 4) is 5.75 Å². The Labute approximate surface area is 155 Å². The highest BCUT2D eigenvalue weighted by atomic mass is 19.4. The molecule has 0 saturated heterocycles. The Morgan fingerprint density at radius 3 is 2.67 bits per heavy atom. The zero-order chi connectivity index (χ0) is 20.0. The maximum atomic E-state index is 12.5. The van der Waals surface area contributed by atoms with Gasteiger partial charge in [-0.3, -0.25) is 4.98 Å². The SMILES string of the molecule is CCOC(=O)c1cnc2ccc(OC(F)(F)F)cc2c1NCCCN(C)C. The summed E-state index contributed by atoms with van der Waals surface area (Å²) in [6.45, 7) is 3.18. The maximum absolute atomic E-state index is 12.5. The van der Waals surface area contributed by atoms with Crippen LogP contribution in [0.15, 0.2) is 24.4 Å². The molecule has 0 aliphatic rings. The molecule has 0 atom stereocenters. The molecule has 0 fully saturated rings. The predicted molar refractivity (Wildman–Crippen MR) is 96.0 cm³/mol. The number of esters is 1. The van der Waals surface area contributed by atoms with Gasteiger partial charge in [0.15, 0.2) is 0 Å². The van der Waals surface area contributed by atoms with E-state index in [1.165, 1.54) is 24.4 Å². The molecule has 0 aliphatic heterocycles. The van der Waals surface area contributed by atoms with Crippen LogP contribution < -0.4 is 10.1 Å². The van der Waals surface area contributed by atoms with Crippen LogP contribution in [0.25, 0.3) is 10.9 Å². The van der Waals surface area contributed by atoms with Crippen LogP contribution >= 0.6 is 0 Å². The van der Waals surface area contributed by atoms with Gasteiger partial charge in [0.2, 0.25) is 0 Å². The number of nitrogens with one attached hydrogen (secondary N) is 1. The summed E-state index contributed by atoms with van der Waals surface area (Å²) in [5, 5.41) is 3.49. The number of nitrogens with zero attached hydrogens (tertiary/aromatic N) is 2. The Morgan fingerprint density at radius 1 is 1.30 bits per heavy atom. The molecule has 148 valence electrons. The van der Waals surface area contributed by atoms with Gasteiger partial charge in [0.1, 0.15) is 11.3 Å². The third-order valence-electron chi connectivity index (χ3n) is 3.65. The number of alkyl halides is 3. The van der Waals surface area contributed by atoms with Crippen molar-refractivity contribution in [2.75, 3.05) is 39.1 Å². The first-order valence-corrected chi connectivity index (χ1v) is 8.45. The van der Waals surface area contributed by atoms with E-state index in [4.69, 9.17) is 4.74 Å². The predicted octanol–water partition coefficient (Wildman–Crippen LogP) is 3.67. The summed E-state index contributed by atoms with van der Waals surface area (Å²) >= 11 is 0. The molecule has 0 unspecified atom stereocenters. The lowest BCUT2D eigenvalue weighted by Crippen LogP contribution is -2.18. The number of aromatic nitrogens is 1. The Bertz CT molecular complexity index is 794. The number of carbonyl (C=O) groups excluding carboxylic acids is 1. The Morgan fingerprint density at radius 2 is 2.04 bits per heavy atom. The minimum Gasteiger partial charge on any atom is -0.462 e. The lowest BCUT2D eigenvalue weighted by Gasteiger charge is -2.16. The molecule has 0 amide bonds. The maximum Gasteiger partial charge on any atom is 0.573 e. The second-order valence-electron chi connectivity index (χ2n) is 6.08. The monoisotopic (exact) mass is 385 g/mol. The van der Waals surface area contributed by atoms with Gasteiger partial charge in [-0.15, -0.1) is 13.2 Å². The van der Waals surface area contributed by atoms with Gasteiger partial charge in [-0.2, -0.15) is 0 Å². The quantitative estimate of drug-likeness (QED) is 0.553. The first kappa shape index (κ1) is 20.8. The van der Waals surface area contributed by atoms with E-state index < -0.39 is 12.3 Å². The second-order valence-corrected chi connectivity index (χ2v) is 6.08. The van der Waals surface area contributed by atoms with Gasteiger partial charge in [0.05, 0.1) is 17.8 Å². The van der Waals surface area contributed by atoms with Gasteiger partial charge < -0.3 is 19.7 Å². The number of hydrogen-bond acceptors (Lipinski definition) is 6. The number of fused-ring (bicyclic) bond motifs is 1. The fourth-order valence-corrected chi connectivity index (χ4v) is 2.53. The van der Waals surface area contributed by atoms with Crippen molar-refractivity contribution in [2.45, 2.75) is 19.7 Å².